The largest absolute Gasteiger partial charge is 0.395 e. The Labute approximate surface area is 117 Å². The number of rotatable bonds is 6. The predicted octanol–water partition coefficient (Wildman–Crippen LogP) is 3.10. The molecule has 2 nitrogen and oxygen atoms in total. The Kier molecular flexibility index (Phi) is 5.02. The number of carbonyl (C=O) groups excluding carboxylic acids is 1. The van der Waals surface area contributed by atoms with Gasteiger partial charge >= 0.3 is 0 Å². The van der Waals surface area contributed by atoms with Gasteiger partial charge in [0.1, 0.15) is 11.6 Å². The van der Waals surface area contributed by atoms with E-state index in [4.69, 9.17) is 0 Å². The highest BCUT2D eigenvalue weighted by molar-refractivity contribution is 5.86. The third kappa shape index (κ3) is 3.75. The van der Waals surface area contributed by atoms with Crippen molar-refractivity contribution in [1.82, 2.24) is 0 Å². The maximum Gasteiger partial charge on any atom is 0.142 e. The van der Waals surface area contributed by atoms with Gasteiger partial charge in [0.2, 0.25) is 0 Å². The van der Waals surface area contributed by atoms with Gasteiger partial charge in [-0.1, -0.05) is 42.5 Å². The molecular weight excluding hydrogens is 255 g/mol. The Morgan fingerprint density at radius 3 is 2.50 bits per heavy atom. The van der Waals surface area contributed by atoms with E-state index >= 15 is 0 Å². The molecule has 1 unspecified atom stereocenters. The van der Waals surface area contributed by atoms with E-state index < -0.39 is 11.7 Å². The Balaban J connectivity index is 2.02. The van der Waals surface area contributed by atoms with Gasteiger partial charge in [-0.2, -0.15) is 0 Å². The number of aliphatic hydroxyl groups excluding tert-OH is 1. The quantitative estimate of drug-likeness (QED) is 0.877. The molecule has 1 atom stereocenters. The van der Waals surface area contributed by atoms with E-state index in [9.17, 15) is 14.3 Å². The van der Waals surface area contributed by atoms with Crippen molar-refractivity contribution in [3.63, 3.8) is 0 Å². The van der Waals surface area contributed by atoms with Gasteiger partial charge in [0.15, 0.2) is 0 Å². The molecule has 2 rings (SSSR count). The second-order valence-electron chi connectivity index (χ2n) is 4.74. The van der Waals surface area contributed by atoms with Crippen LogP contribution in [-0.2, 0) is 11.2 Å². The highest BCUT2D eigenvalue weighted by atomic mass is 19.1. The molecule has 0 aliphatic carbocycles. The van der Waals surface area contributed by atoms with Crippen molar-refractivity contribution in [2.45, 2.75) is 18.8 Å². The van der Waals surface area contributed by atoms with Crippen LogP contribution < -0.4 is 0 Å². The van der Waals surface area contributed by atoms with E-state index in [1.54, 1.807) is 12.1 Å². The molecule has 1 N–H and O–H groups in total. The lowest BCUT2D eigenvalue weighted by atomic mass is 9.92. The van der Waals surface area contributed by atoms with Gasteiger partial charge in [-0.15, -0.1) is 0 Å². The molecule has 0 aromatic heterocycles. The molecule has 0 aliphatic rings. The topological polar surface area (TPSA) is 37.3 Å². The zero-order valence-electron chi connectivity index (χ0n) is 11.1. The minimum atomic E-state index is -0.644. The molecule has 0 amide bonds. The van der Waals surface area contributed by atoms with Crippen LogP contribution in [0.4, 0.5) is 4.39 Å². The summed E-state index contributed by atoms with van der Waals surface area (Å²) in [5.41, 5.74) is 1.61. The average Bonchev–Trinajstić information content (AvgIpc) is 2.47. The van der Waals surface area contributed by atoms with Crippen molar-refractivity contribution in [2.24, 2.45) is 0 Å². The number of aryl methyl sites for hydroxylation is 1. The van der Waals surface area contributed by atoms with Crippen LogP contribution in [0.1, 0.15) is 23.5 Å². The van der Waals surface area contributed by atoms with Crippen LogP contribution in [0.2, 0.25) is 0 Å². The first-order valence-electron chi connectivity index (χ1n) is 6.63. The average molecular weight is 272 g/mol. The summed E-state index contributed by atoms with van der Waals surface area (Å²) in [5, 5.41) is 9.39. The van der Waals surface area contributed by atoms with Crippen LogP contribution in [0, 0.1) is 5.82 Å². The zero-order valence-corrected chi connectivity index (χ0v) is 11.1. The van der Waals surface area contributed by atoms with E-state index in [0.29, 0.717) is 18.4 Å². The first-order chi connectivity index (χ1) is 9.70. The standard InChI is InChI=1S/C17H17FO2/c18-15-8-4-7-14(11-15)16(12-19)17(20)10-9-13-5-2-1-3-6-13/h1-8,11,16,19H,9-10,12H2. The summed E-state index contributed by atoms with van der Waals surface area (Å²) < 4.78 is 13.2. The summed E-state index contributed by atoms with van der Waals surface area (Å²) in [7, 11) is 0. The summed E-state index contributed by atoms with van der Waals surface area (Å²) in [6.45, 7) is -0.295. The fourth-order valence-electron chi connectivity index (χ4n) is 2.20. The molecular formula is C17H17FO2. The molecule has 0 radical (unpaired) electrons. The zero-order chi connectivity index (χ0) is 14.4. The number of hydrogen-bond acceptors (Lipinski definition) is 2. The lowest BCUT2D eigenvalue weighted by Gasteiger charge is -2.13. The fourth-order valence-corrected chi connectivity index (χ4v) is 2.20. The molecule has 2 aromatic rings. The van der Waals surface area contributed by atoms with Crippen LogP contribution >= 0.6 is 0 Å². The highest BCUT2D eigenvalue weighted by Gasteiger charge is 2.19. The van der Waals surface area contributed by atoms with Crippen LogP contribution in [0.25, 0.3) is 0 Å². The van der Waals surface area contributed by atoms with Crippen molar-refractivity contribution >= 4 is 5.78 Å². The van der Waals surface area contributed by atoms with Gasteiger partial charge in [0, 0.05) is 6.42 Å². The molecule has 20 heavy (non-hydrogen) atoms. The number of halogens is 1. The van der Waals surface area contributed by atoms with E-state index in [1.807, 2.05) is 30.3 Å². The van der Waals surface area contributed by atoms with Crippen molar-refractivity contribution < 1.29 is 14.3 Å². The number of aliphatic hydroxyl groups is 1. The molecule has 0 fully saturated rings. The molecule has 2 aromatic carbocycles. The number of carbonyl (C=O) groups is 1. The van der Waals surface area contributed by atoms with E-state index in [-0.39, 0.29) is 12.4 Å². The second kappa shape index (κ2) is 6.96. The Morgan fingerprint density at radius 1 is 1.10 bits per heavy atom. The van der Waals surface area contributed by atoms with E-state index in [2.05, 4.69) is 0 Å². The molecule has 0 saturated heterocycles. The van der Waals surface area contributed by atoms with Crippen LogP contribution in [-0.4, -0.2) is 17.5 Å². The minimum absolute atomic E-state index is 0.0676. The highest BCUT2D eigenvalue weighted by Crippen LogP contribution is 2.20. The molecule has 0 heterocycles. The second-order valence-corrected chi connectivity index (χ2v) is 4.74. The maximum absolute atomic E-state index is 13.2. The molecule has 0 saturated carbocycles. The van der Waals surface area contributed by atoms with Crippen LogP contribution in [0.5, 0.6) is 0 Å². The molecule has 104 valence electrons. The van der Waals surface area contributed by atoms with Gasteiger partial charge in [0.05, 0.1) is 12.5 Å². The fraction of sp³-hybridized carbons (Fsp3) is 0.235. The number of hydrogen-bond donors (Lipinski definition) is 1. The SMILES string of the molecule is O=C(CCc1ccccc1)C(CO)c1cccc(F)c1. The third-order valence-corrected chi connectivity index (χ3v) is 3.33. The van der Waals surface area contributed by atoms with Crippen LogP contribution in [0.15, 0.2) is 54.6 Å². The number of Topliss-reactive ketones (excluding diaryl/α,β-unsaturated/α-hetero) is 1. The lowest BCUT2D eigenvalue weighted by molar-refractivity contribution is -0.121. The Morgan fingerprint density at radius 2 is 1.85 bits per heavy atom. The normalized spacial score (nSPS) is 12.1. The predicted molar refractivity (Wildman–Crippen MR) is 76.0 cm³/mol. The third-order valence-electron chi connectivity index (χ3n) is 3.33. The van der Waals surface area contributed by atoms with Crippen LogP contribution in [0.3, 0.4) is 0 Å². The maximum atomic E-state index is 13.2. The minimum Gasteiger partial charge on any atom is -0.395 e. The number of ketones is 1. The van der Waals surface area contributed by atoms with Gasteiger partial charge < -0.3 is 5.11 Å². The van der Waals surface area contributed by atoms with Crippen molar-refractivity contribution in [3.05, 3.63) is 71.5 Å². The summed E-state index contributed by atoms with van der Waals surface area (Å²) in [6, 6.07) is 15.6. The van der Waals surface area contributed by atoms with Gasteiger partial charge in [-0.05, 0) is 29.7 Å². The molecule has 0 bridgehead atoms. The van der Waals surface area contributed by atoms with Gasteiger partial charge in [-0.3, -0.25) is 4.79 Å². The lowest BCUT2D eigenvalue weighted by Crippen LogP contribution is -2.17. The van der Waals surface area contributed by atoms with E-state index in [0.717, 1.165) is 5.56 Å². The Bertz CT molecular complexity index is 566. The van der Waals surface area contributed by atoms with E-state index in [1.165, 1.54) is 12.1 Å². The Hall–Kier alpha value is -2.00. The summed E-state index contributed by atoms with van der Waals surface area (Å²) in [4.78, 5) is 12.2. The van der Waals surface area contributed by atoms with Gasteiger partial charge in [-0.25, -0.2) is 4.39 Å². The summed E-state index contributed by atoms with van der Waals surface area (Å²) in [5.74, 6) is -1.10. The molecule has 3 heteroatoms. The first kappa shape index (κ1) is 14.4. The molecule has 0 aliphatic heterocycles. The summed E-state index contributed by atoms with van der Waals surface area (Å²) >= 11 is 0. The van der Waals surface area contributed by atoms with Crippen molar-refractivity contribution in [2.75, 3.05) is 6.61 Å². The number of benzene rings is 2. The van der Waals surface area contributed by atoms with Crippen molar-refractivity contribution in [1.29, 1.82) is 0 Å². The van der Waals surface area contributed by atoms with Gasteiger partial charge in [0.25, 0.3) is 0 Å². The summed E-state index contributed by atoms with van der Waals surface area (Å²) in [6.07, 6.45) is 0.969. The van der Waals surface area contributed by atoms with Crippen molar-refractivity contribution in [3.8, 4) is 0 Å². The monoisotopic (exact) mass is 272 g/mol. The smallest absolute Gasteiger partial charge is 0.142 e. The first-order valence-corrected chi connectivity index (χ1v) is 6.63. The molecule has 0 spiro atoms.